The Morgan fingerprint density at radius 3 is 2.51 bits per heavy atom. The van der Waals surface area contributed by atoms with Crippen LogP contribution in [0.2, 0.25) is 0 Å². The van der Waals surface area contributed by atoms with E-state index in [0.717, 1.165) is 26.9 Å². The zero-order valence-corrected chi connectivity index (χ0v) is 20.8. The summed E-state index contributed by atoms with van der Waals surface area (Å²) in [7, 11) is 1.46. The van der Waals surface area contributed by atoms with Gasteiger partial charge in [-0.05, 0) is 30.5 Å². The minimum atomic E-state index is -1.43. The maximum absolute atomic E-state index is 14.0. The Morgan fingerprint density at radius 2 is 1.73 bits per heavy atom. The van der Waals surface area contributed by atoms with Crippen LogP contribution >= 0.6 is 0 Å². The molecule has 8 nitrogen and oxygen atoms in total. The predicted octanol–water partition coefficient (Wildman–Crippen LogP) is 2.47. The first-order valence-corrected chi connectivity index (χ1v) is 12.5. The summed E-state index contributed by atoms with van der Waals surface area (Å²) in [5, 5.41) is 1.08. The fourth-order valence-corrected chi connectivity index (χ4v) is 6.44. The number of amides is 4. The average molecular weight is 497 g/mol. The van der Waals surface area contributed by atoms with Gasteiger partial charge in [-0.15, -0.1) is 0 Å². The molecule has 0 unspecified atom stereocenters. The summed E-state index contributed by atoms with van der Waals surface area (Å²) >= 11 is 0. The Hall–Kier alpha value is -4.20. The van der Waals surface area contributed by atoms with Crippen LogP contribution in [0.25, 0.3) is 17.0 Å². The molecule has 188 valence electrons. The van der Waals surface area contributed by atoms with Crippen LogP contribution in [0.3, 0.4) is 0 Å². The number of rotatable bonds is 5. The van der Waals surface area contributed by atoms with Crippen LogP contribution in [-0.2, 0) is 25.6 Å². The van der Waals surface area contributed by atoms with Crippen molar-refractivity contribution in [1.29, 1.82) is 0 Å². The molecule has 8 heteroatoms. The summed E-state index contributed by atoms with van der Waals surface area (Å²) < 4.78 is 0. The van der Waals surface area contributed by atoms with Gasteiger partial charge in [0.1, 0.15) is 5.54 Å². The van der Waals surface area contributed by atoms with Crippen molar-refractivity contribution in [3.8, 4) is 0 Å². The highest BCUT2D eigenvalue weighted by Gasteiger charge is 2.71. The summed E-state index contributed by atoms with van der Waals surface area (Å²) in [5.41, 5.74) is 1.56. The molecule has 4 amide bonds. The van der Waals surface area contributed by atoms with Gasteiger partial charge in [0.25, 0.3) is 0 Å². The van der Waals surface area contributed by atoms with E-state index in [-0.39, 0.29) is 24.3 Å². The number of aromatic nitrogens is 1. The molecule has 3 aliphatic rings. The van der Waals surface area contributed by atoms with E-state index in [4.69, 9.17) is 0 Å². The Balaban J connectivity index is 1.33. The molecule has 37 heavy (non-hydrogen) atoms. The number of hydrogen-bond donors (Lipinski definition) is 1. The maximum Gasteiger partial charge on any atom is 0.249 e. The number of fused-ring (bicyclic) bond motifs is 4. The normalized spacial score (nSPS) is 27.6. The zero-order valence-electron chi connectivity index (χ0n) is 20.8. The molecular formula is C29H28N4O4. The Labute approximate surface area is 214 Å². The van der Waals surface area contributed by atoms with E-state index >= 15 is 0 Å². The third-order valence-corrected chi connectivity index (χ3v) is 8.27. The van der Waals surface area contributed by atoms with Crippen molar-refractivity contribution < 1.29 is 19.2 Å². The van der Waals surface area contributed by atoms with Crippen LogP contribution in [0.4, 0.5) is 0 Å². The number of imide groups is 1. The molecule has 3 fully saturated rings. The van der Waals surface area contributed by atoms with Gasteiger partial charge in [-0.25, -0.2) is 0 Å². The lowest BCUT2D eigenvalue weighted by atomic mass is 9.79. The summed E-state index contributed by atoms with van der Waals surface area (Å²) in [6, 6.07) is 16.8. The molecule has 1 aromatic heterocycles. The van der Waals surface area contributed by atoms with Crippen molar-refractivity contribution in [3.05, 3.63) is 78.0 Å². The quantitative estimate of drug-likeness (QED) is 0.549. The van der Waals surface area contributed by atoms with Gasteiger partial charge in [0.15, 0.2) is 0 Å². The Bertz CT molecular complexity index is 1460. The number of benzene rings is 2. The first-order valence-electron chi connectivity index (χ1n) is 12.5. The van der Waals surface area contributed by atoms with Gasteiger partial charge in [0.05, 0.1) is 24.4 Å². The number of nitrogens with zero attached hydrogens (tertiary/aromatic N) is 3. The van der Waals surface area contributed by atoms with Crippen LogP contribution in [0.15, 0.2) is 66.9 Å². The highest BCUT2D eigenvalue weighted by molar-refractivity contribution is 6.12. The molecule has 3 aliphatic heterocycles. The second-order valence-electron chi connectivity index (χ2n) is 10.2. The van der Waals surface area contributed by atoms with Crippen molar-refractivity contribution in [2.24, 2.45) is 11.8 Å². The summed E-state index contributed by atoms with van der Waals surface area (Å²) in [6.45, 7) is 1.92. The number of hydrogen-bond acceptors (Lipinski definition) is 4. The summed E-state index contributed by atoms with van der Waals surface area (Å²) in [4.78, 5) is 61.6. The fraction of sp³-hybridized carbons (Fsp3) is 0.310. The van der Waals surface area contributed by atoms with Crippen molar-refractivity contribution in [2.75, 3.05) is 20.1 Å². The monoisotopic (exact) mass is 496 g/mol. The van der Waals surface area contributed by atoms with Crippen molar-refractivity contribution in [1.82, 2.24) is 19.7 Å². The molecule has 0 spiro atoms. The number of para-hydroxylation sites is 1. The van der Waals surface area contributed by atoms with Gasteiger partial charge in [0, 0.05) is 30.7 Å². The topological polar surface area (TPSA) is 93.8 Å². The largest absolute Gasteiger partial charge is 0.361 e. The lowest BCUT2D eigenvalue weighted by molar-refractivity contribution is -0.166. The van der Waals surface area contributed by atoms with E-state index in [2.05, 4.69) is 4.98 Å². The van der Waals surface area contributed by atoms with Crippen LogP contribution in [0, 0.1) is 11.8 Å². The third kappa shape index (κ3) is 3.35. The standard InChI is InChI=1S/C29H28N4O4/c1-29-25-24(26(35)31(2)27(25)36)22(13-12-18-8-4-3-5-9-18)33(29)23(34)17-32(28(29)37)15-14-19-16-30-21-11-7-6-10-20(19)21/h3-13,16,22,24-25,30H,14-15,17H2,1-2H3/b13-12+/t22-,24+,25-,29-/m1/s1. The first kappa shape index (κ1) is 23.2. The number of nitrogens with one attached hydrogen (secondary N) is 1. The number of piperazine rings is 1. The van der Waals surface area contributed by atoms with Gasteiger partial charge in [-0.2, -0.15) is 0 Å². The Morgan fingerprint density at radius 1 is 1.00 bits per heavy atom. The molecule has 3 aromatic rings. The van der Waals surface area contributed by atoms with E-state index in [0.29, 0.717) is 13.0 Å². The molecule has 3 saturated heterocycles. The van der Waals surface area contributed by atoms with Gasteiger partial charge in [0.2, 0.25) is 23.6 Å². The van der Waals surface area contributed by atoms with Gasteiger partial charge in [-0.3, -0.25) is 24.1 Å². The van der Waals surface area contributed by atoms with Gasteiger partial charge in [-0.1, -0.05) is 60.7 Å². The lowest BCUT2D eigenvalue weighted by Gasteiger charge is -2.46. The highest BCUT2D eigenvalue weighted by Crippen LogP contribution is 2.51. The minimum absolute atomic E-state index is 0.0793. The average Bonchev–Trinajstić information content (AvgIpc) is 3.51. The number of carbonyl (C=O) groups excluding carboxylic acids is 4. The molecule has 6 rings (SSSR count). The van der Waals surface area contributed by atoms with E-state index in [1.807, 2.05) is 66.9 Å². The fourth-order valence-electron chi connectivity index (χ4n) is 6.44. The molecule has 4 atom stereocenters. The van der Waals surface area contributed by atoms with E-state index in [9.17, 15) is 19.2 Å². The van der Waals surface area contributed by atoms with E-state index < -0.39 is 29.3 Å². The SMILES string of the molecule is CN1C(=O)[C@H]2[C@@H](/C=C/c3ccccc3)N3C(=O)CN(CCc4c[nH]c5ccccc45)C(=O)[C@@]3(C)[C@H]2C1=O. The second kappa shape index (κ2) is 8.44. The van der Waals surface area contributed by atoms with Crippen molar-refractivity contribution >= 4 is 40.6 Å². The number of carbonyl (C=O) groups is 4. The predicted molar refractivity (Wildman–Crippen MR) is 138 cm³/mol. The minimum Gasteiger partial charge on any atom is -0.361 e. The van der Waals surface area contributed by atoms with E-state index in [1.165, 1.54) is 11.9 Å². The number of likely N-dealkylation sites (tertiary alicyclic amines) is 1. The second-order valence-corrected chi connectivity index (χ2v) is 10.2. The van der Waals surface area contributed by atoms with Gasteiger partial charge < -0.3 is 14.8 Å². The highest BCUT2D eigenvalue weighted by atomic mass is 16.2. The molecular weight excluding hydrogens is 468 g/mol. The lowest BCUT2D eigenvalue weighted by Crippen LogP contribution is -2.68. The zero-order chi connectivity index (χ0) is 25.9. The van der Waals surface area contributed by atoms with Crippen LogP contribution in [0.1, 0.15) is 18.1 Å². The smallest absolute Gasteiger partial charge is 0.249 e. The first-order chi connectivity index (χ1) is 17.8. The number of H-pyrrole nitrogens is 1. The number of aromatic amines is 1. The molecule has 4 heterocycles. The van der Waals surface area contributed by atoms with Crippen molar-refractivity contribution in [3.63, 3.8) is 0 Å². The van der Waals surface area contributed by atoms with Crippen LogP contribution in [0.5, 0.6) is 0 Å². The van der Waals surface area contributed by atoms with Crippen LogP contribution in [-0.4, -0.2) is 75.0 Å². The maximum atomic E-state index is 14.0. The molecule has 0 aliphatic carbocycles. The van der Waals surface area contributed by atoms with E-state index in [1.54, 1.807) is 17.9 Å². The molecule has 0 saturated carbocycles. The summed E-state index contributed by atoms with van der Waals surface area (Å²) in [5.74, 6) is -2.99. The Kier molecular flexibility index (Phi) is 5.29. The molecule has 1 N–H and O–H groups in total. The van der Waals surface area contributed by atoms with Crippen molar-refractivity contribution in [2.45, 2.75) is 24.9 Å². The molecule has 2 aromatic carbocycles. The van der Waals surface area contributed by atoms with Crippen LogP contribution < -0.4 is 0 Å². The molecule has 0 bridgehead atoms. The third-order valence-electron chi connectivity index (χ3n) is 8.27. The van der Waals surface area contributed by atoms with Gasteiger partial charge >= 0.3 is 0 Å². The summed E-state index contributed by atoms with van der Waals surface area (Å²) in [6.07, 6.45) is 6.15. The molecule has 0 radical (unpaired) electrons.